The lowest BCUT2D eigenvalue weighted by Crippen LogP contribution is -2.36. The van der Waals surface area contributed by atoms with Crippen molar-refractivity contribution in [3.05, 3.63) is 59.9 Å². The van der Waals surface area contributed by atoms with Crippen molar-refractivity contribution in [3.8, 4) is 6.07 Å². The molecule has 0 N–H and O–H groups in total. The van der Waals surface area contributed by atoms with E-state index < -0.39 is 0 Å². The molecule has 0 spiro atoms. The molecule has 27 heavy (non-hydrogen) atoms. The summed E-state index contributed by atoms with van der Waals surface area (Å²) >= 11 is 0. The summed E-state index contributed by atoms with van der Waals surface area (Å²) in [5.74, 6) is -0.0803. The van der Waals surface area contributed by atoms with Crippen LogP contribution in [0.15, 0.2) is 48.5 Å². The average Bonchev–Trinajstić information content (AvgIpc) is 2.99. The highest BCUT2D eigenvalue weighted by molar-refractivity contribution is 5.92. The zero-order valence-corrected chi connectivity index (χ0v) is 14.7. The zero-order chi connectivity index (χ0) is 18.6. The van der Waals surface area contributed by atoms with Gasteiger partial charge in [-0.1, -0.05) is 24.3 Å². The number of rotatable bonds is 2. The summed E-state index contributed by atoms with van der Waals surface area (Å²) in [5.41, 5.74) is 2.90. The fourth-order valence-electron chi connectivity index (χ4n) is 3.32. The number of aromatic nitrogens is 3. The molecule has 0 aliphatic carbocycles. The van der Waals surface area contributed by atoms with Crippen LogP contribution in [0.5, 0.6) is 0 Å². The third-order valence-electron chi connectivity index (χ3n) is 4.70. The van der Waals surface area contributed by atoms with Gasteiger partial charge in [-0.25, -0.2) is 4.98 Å². The van der Waals surface area contributed by atoms with E-state index in [2.05, 4.69) is 26.2 Å². The lowest BCUT2D eigenvalue weighted by molar-refractivity contribution is 0.0754. The minimum absolute atomic E-state index is 0.125. The van der Waals surface area contributed by atoms with E-state index in [1.54, 1.807) is 4.90 Å². The second-order valence-electron chi connectivity index (χ2n) is 6.39. The van der Waals surface area contributed by atoms with Crippen LogP contribution in [0.4, 0.5) is 5.69 Å². The number of hydrogen-bond donors (Lipinski definition) is 0. The minimum Gasteiger partial charge on any atom is -0.369 e. The number of amides is 1. The van der Waals surface area contributed by atoms with Crippen LogP contribution >= 0.6 is 0 Å². The van der Waals surface area contributed by atoms with Crippen molar-refractivity contribution in [2.75, 3.05) is 31.1 Å². The Labute approximate surface area is 156 Å². The Bertz CT molecular complexity index is 1030. The highest BCUT2D eigenvalue weighted by Gasteiger charge is 2.23. The van der Waals surface area contributed by atoms with Gasteiger partial charge >= 0.3 is 0 Å². The molecular formula is C20H18N6O. The fourth-order valence-corrected chi connectivity index (χ4v) is 3.32. The molecule has 1 amide bonds. The average molecular weight is 358 g/mol. The molecule has 0 radical (unpaired) electrons. The van der Waals surface area contributed by atoms with E-state index >= 15 is 0 Å². The summed E-state index contributed by atoms with van der Waals surface area (Å²) in [6.07, 6.45) is 0.812. The van der Waals surface area contributed by atoms with Gasteiger partial charge in [-0.3, -0.25) is 4.79 Å². The molecule has 1 aliphatic rings. The molecule has 1 aliphatic heterocycles. The molecule has 2 aromatic carbocycles. The van der Waals surface area contributed by atoms with E-state index in [9.17, 15) is 10.1 Å². The second-order valence-corrected chi connectivity index (χ2v) is 6.39. The quantitative estimate of drug-likeness (QED) is 0.698. The molecule has 2 heterocycles. The molecular weight excluding hydrogens is 340 g/mol. The molecule has 1 saturated heterocycles. The maximum atomic E-state index is 12.9. The standard InChI is InChI=1S/C20H18N6O/c21-14-15-6-1-4-9-18(15)25-10-5-11-26(13-12-25)20(27)19-22-16-7-2-3-8-17(16)23-24-19/h1-4,6-9H,5,10-13H2. The Hall–Kier alpha value is -3.53. The number of anilines is 1. The molecule has 1 fully saturated rings. The predicted octanol–water partition coefficient (Wildman–Crippen LogP) is 2.25. The summed E-state index contributed by atoms with van der Waals surface area (Å²) in [7, 11) is 0. The monoisotopic (exact) mass is 358 g/mol. The van der Waals surface area contributed by atoms with Crippen molar-refractivity contribution >= 4 is 22.6 Å². The number of nitriles is 1. The van der Waals surface area contributed by atoms with Crippen LogP contribution < -0.4 is 4.90 Å². The molecule has 134 valence electrons. The minimum atomic E-state index is -0.205. The Morgan fingerprint density at radius 2 is 1.70 bits per heavy atom. The van der Waals surface area contributed by atoms with E-state index in [-0.39, 0.29) is 11.7 Å². The number of fused-ring (bicyclic) bond motifs is 1. The number of carbonyl (C=O) groups excluding carboxylic acids is 1. The van der Waals surface area contributed by atoms with Crippen LogP contribution in [-0.4, -0.2) is 52.2 Å². The van der Waals surface area contributed by atoms with Gasteiger partial charge in [0.1, 0.15) is 11.6 Å². The maximum absolute atomic E-state index is 12.9. The van der Waals surface area contributed by atoms with Gasteiger partial charge in [-0.05, 0) is 30.7 Å². The molecule has 0 unspecified atom stereocenters. The molecule has 0 atom stereocenters. The topological polar surface area (TPSA) is 86.0 Å². The summed E-state index contributed by atoms with van der Waals surface area (Å²) < 4.78 is 0. The molecule has 0 bridgehead atoms. The van der Waals surface area contributed by atoms with Gasteiger partial charge in [-0.2, -0.15) is 5.26 Å². The van der Waals surface area contributed by atoms with Gasteiger partial charge in [-0.15, -0.1) is 10.2 Å². The molecule has 0 saturated carbocycles. The lowest BCUT2D eigenvalue weighted by atomic mass is 10.1. The van der Waals surface area contributed by atoms with Crippen molar-refractivity contribution < 1.29 is 4.79 Å². The molecule has 3 aromatic rings. The summed E-state index contributed by atoms with van der Waals surface area (Å²) in [5, 5.41) is 17.4. The summed E-state index contributed by atoms with van der Waals surface area (Å²) in [4.78, 5) is 21.1. The number of para-hydroxylation sites is 2. The Kier molecular flexibility index (Phi) is 4.62. The second kappa shape index (κ2) is 7.38. The predicted molar refractivity (Wildman–Crippen MR) is 101 cm³/mol. The van der Waals surface area contributed by atoms with Crippen LogP contribution in [0.3, 0.4) is 0 Å². The van der Waals surface area contributed by atoms with Gasteiger partial charge in [0.2, 0.25) is 5.82 Å². The smallest absolute Gasteiger partial charge is 0.293 e. The Balaban J connectivity index is 1.52. The lowest BCUT2D eigenvalue weighted by Gasteiger charge is -2.24. The van der Waals surface area contributed by atoms with Crippen molar-refractivity contribution in [2.45, 2.75) is 6.42 Å². The highest BCUT2D eigenvalue weighted by atomic mass is 16.2. The Morgan fingerprint density at radius 1 is 0.926 bits per heavy atom. The van der Waals surface area contributed by atoms with Crippen LogP contribution in [0.2, 0.25) is 0 Å². The first-order chi connectivity index (χ1) is 13.3. The van der Waals surface area contributed by atoms with Crippen LogP contribution in [-0.2, 0) is 0 Å². The van der Waals surface area contributed by atoms with Crippen LogP contribution in [0.25, 0.3) is 11.0 Å². The zero-order valence-electron chi connectivity index (χ0n) is 14.7. The Morgan fingerprint density at radius 3 is 2.56 bits per heavy atom. The van der Waals surface area contributed by atoms with Gasteiger partial charge < -0.3 is 9.80 Å². The third kappa shape index (κ3) is 3.42. The highest BCUT2D eigenvalue weighted by Crippen LogP contribution is 2.21. The largest absolute Gasteiger partial charge is 0.369 e. The number of benzene rings is 2. The van der Waals surface area contributed by atoms with Gasteiger partial charge in [0.05, 0.1) is 16.8 Å². The molecule has 7 nitrogen and oxygen atoms in total. The van der Waals surface area contributed by atoms with E-state index in [1.165, 1.54) is 0 Å². The molecule has 4 rings (SSSR count). The van der Waals surface area contributed by atoms with E-state index in [1.807, 2.05) is 48.5 Å². The van der Waals surface area contributed by atoms with Crippen LogP contribution in [0, 0.1) is 11.3 Å². The number of hydrogen-bond acceptors (Lipinski definition) is 6. The number of carbonyl (C=O) groups is 1. The first-order valence-corrected chi connectivity index (χ1v) is 8.89. The summed E-state index contributed by atoms with van der Waals surface area (Å²) in [6.45, 7) is 2.62. The van der Waals surface area contributed by atoms with E-state index in [0.29, 0.717) is 36.2 Å². The first kappa shape index (κ1) is 16.9. The van der Waals surface area contributed by atoms with Gasteiger partial charge in [0.15, 0.2) is 0 Å². The van der Waals surface area contributed by atoms with Crippen molar-refractivity contribution in [1.29, 1.82) is 5.26 Å². The summed E-state index contributed by atoms with van der Waals surface area (Å²) in [6, 6.07) is 17.2. The van der Waals surface area contributed by atoms with Crippen molar-refractivity contribution in [3.63, 3.8) is 0 Å². The third-order valence-corrected chi connectivity index (χ3v) is 4.70. The van der Waals surface area contributed by atoms with E-state index in [0.717, 1.165) is 18.7 Å². The maximum Gasteiger partial charge on any atom is 0.293 e. The van der Waals surface area contributed by atoms with Crippen LogP contribution in [0.1, 0.15) is 22.6 Å². The molecule has 1 aromatic heterocycles. The fraction of sp³-hybridized carbons (Fsp3) is 0.250. The van der Waals surface area contributed by atoms with E-state index in [4.69, 9.17) is 0 Å². The van der Waals surface area contributed by atoms with Gasteiger partial charge in [0.25, 0.3) is 5.91 Å². The first-order valence-electron chi connectivity index (χ1n) is 8.89. The van der Waals surface area contributed by atoms with Crippen molar-refractivity contribution in [2.24, 2.45) is 0 Å². The molecule has 7 heteroatoms. The normalized spacial score (nSPS) is 14.6. The SMILES string of the molecule is N#Cc1ccccc1N1CCCN(C(=O)c2nnc3ccccc3n2)CC1. The van der Waals surface area contributed by atoms with Crippen molar-refractivity contribution in [1.82, 2.24) is 20.1 Å². The number of nitrogens with zero attached hydrogens (tertiary/aromatic N) is 6. The van der Waals surface area contributed by atoms with Gasteiger partial charge in [0, 0.05) is 26.2 Å².